The van der Waals surface area contributed by atoms with Crippen molar-refractivity contribution in [2.45, 2.75) is 26.6 Å². The molecule has 0 bridgehead atoms. The van der Waals surface area contributed by atoms with Crippen LogP contribution in [0, 0.1) is 13.8 Å². The molecule has 0 saturated carbocycles. The van der Waals surface area contributed by atoms with Gasteiger partial charge in [0.2, 0.25) is 0 Å². The molecule has 0 unspecified atom stereocenters. The summed E-state index contributed by atoms with van der Waals surface area (Å²) < 4.78 is 42.2. The van der Waals surface area contributed by atoms with Crippen molar-refractivity contribution < 1.29 is 27.5 Å². The Hall–Kier alpha value is -2.81. The Labute approximate surface area is 170 Å². The first-order valence-electron chi connectivity index (χ1n) is 8.52. The predicted octanol–water partition coefficient (Wildman–Crippen LogP) is 3.44. The third kappa shape index (κ3) is 7.26. The summed E-state index contributed by atoms with van der Waals surface area (Å²) in [5.74, 6) is -1.95. The molecular formula is C19H19ClF3N3O3. The third-order valence-corrected chi connectivity index (χ3v) is 4.18. The molecular weight excluding hydrogens is 411 g/mol. The Morgan fingerprint density at radius 2 is 1.90 bits per heavy atom. The molecule has 10 heteroatoms. The molecule has 0 saturated heterocycles. The number of alkyl halides is 3. The van der Waals surface area contributed by atoms with Crippen LogP contribution in [0.15, 0.2) is 30.3 Å². The van der Waals surface area contributed by atoms with Gasteiger partial charge in [0.05, 0.1) is 12.2 Å². The van der Waals surface area contributed by atoms with E-state index in [0.29, 0.717) is 23.0 Å². The average molecular weight is 430 g/mol. The van der Waals surface area contributed by atoms with E-state index in [4.69, 9.17) is 11.6 Å². The van der Waals surface area contributed by atoms with Crippen LogP contribution in [0.25, 0.3) is 6.08 Å². The molecule has 1 N–H and O–H groups in total. The van der Waals surface area contributed by atoms with E-state index < -0.39 is 31.2 Å². The smallest absolute Gasteiger partial charge is 0.405 e. The number of rotatable bonds is 7. The van der Waals surface area contributed by atoms with Crippen molar-refractivity contribution in [3.05, 3.63) is 57.9 Å². The highest BCUT2D eigenvalue weighted by molar-refractivity contribution is 6.31. The predicted molar refractivity (Wildman–Crippen MR) is 101 cm³/mol. The standard InChI is InChI=1S/C19H19ClF3N3O3/c1-12-3-5-14(6-4-12)9-26-18(20)15(13(2)25-26)7-8-17(28)29-10-16(27)24-11-19(21,22)23/h3-8H,9-11H2,1-2H3,(H,24,27)/b8-7+. The van der Waals surface area contributed by atoms with Crippen LogP contribution >= 0.6 is 11.6 Å². The van der Waals surface area contributed by atoms with E-state index in [1.165, 1.54) is 6.08 Å². The van der Waals surface area contributed by atoms with Crippen molar-refractivity contribution in [3.8, 4) is 0 Å². The molecule has 2 rings (SSSR count). The van der Waals surface area contributed by atoms with E-state index >= 15 is 0 Å². The van der Waals surface area contributed by atoms with Gasteiger partial charge in [-0.1, -0.05) is 41.4 Å². The normalized spacial score (nSPS) is 11.7. The second-order valence-electron chi connectivity index (χ2n) is 6.27. The first-order chi connectivity index (χ1) is 13.5. The number of aryl methyl sites for hydroxylation is 2. The van der Waals surface area contributed by atoms with E-state index in [0.717, 1.165) is 17.2 Å². The number of halogens is 4. The van der Waals surface area contributed by atoms with Gasteiger partial charge < -0.3 is 10.1 Å². The average Bonchev–Trinajstić information content (AvgIpc) is 2.91. The van der Waals surface area contributed by atoms with Crippen molar-refractivity contribution in [2.24, 2.45) is 0 Å². The minimum atomic E-state index is -4.54. The molecule has 0 spiro atoms. The fourth-order valence-electron chi connectivity index (χ4n) is 2.31. The number of ether oxygens (including phenoxy) is 1. The summed E-state index contributed by atoms with van der Waals surface area (Å²) in [5.41, 5.74) is 3.21. The Morgan fingerprint density at radius 1 is 1.24 bits per heavy atom. The Bertz CT molecular complexity index is 906. The second-order valence-corrected chi connectivity index (χ2v) is 6.62. The zero-order chi connectivity index (χ0) is 21.6. The SMILES string of the molecule is Cc1ccc(Cn2nc(C)c(/C=C/C(=O)OCC(=O)NCC(F)(F)F)c2Cl)cc1. The lowest BCUT2D eigenvalue weighted by Gasteiger charge is -2.07. The highest BCUT2D eigenvalue weighted by Crippen LogP contribution is 2.22. The van der Waals surface area contributed by atoms with Gasteiger partial charge in [0.15, 0.2) is 6.61 Å². The monoisotopic (exact) mass is 429 g/mol. The zero-order valence-corrected chi connectivity index (χ0v) is 16.5. The van der Waals surface area contributed by atoms with Gasteiger partial charge in [-0.2, -0.15) is 18.3 Å². The first-order valence-corrected chi connectivity index (χ1v) is 8.89. The maximum atomic E-state index is 12.0. The molecule has 0 radical (unpaired) electrons. The summed E-state index contributed by atoms with van der Waals surface area (Å²) in [6, 6.07) is 7.86. The third-order valence-electron chi connectivity index (χ3n) is 3.78. The number of carbonyl (C=O) groups is 2. The second kappa shape index (κ2) is 9.60. The summed E-state index contributed by atoms with van der Waals surface area (Å²) in [5, 5.41) is 6.25. The van der Waals surface area contributed by atoms with Crippen LogP contribution < -0.4 is 5.32 Å². The summed E-state index contributed by atoms with van der Waals surface area (Å²) in [6.07, 6.45) is -2.12. The molecule has 0 aliphatic carbocycles. The molecule has 156 valence electrons. The number of aromatic nitrogens is 2. The zero-order valence-electron chi connectivity index (χ0n) is 15.7. The number of hydrogen-bond donors (Lipinski definition) is 1. The quantitative estimate of drug-likeness (QED) is 0.540. The number of nitrogens with zero attached hydrogens (tertiary/aromatic N) is 2. The summed E-state index contributed by atoms with van der Waals surface area (Å²) in [6.45, 7) is 1.83. The van der Waals surface area contributed by atoms with Crippen LogP contribution in [-0.2, 0) is 20.9 Å². The highest BCUT2D eigenvalue weighted by Gasteiger charge is 2.27. The fourth-order valence-corrected chi connectivity index (χ4v) is 2.61. The van der Waals surface area contributed by atoms with Crippen molar-refractivity contribution in [1.29, 1.82) is 0 Å². The van der Waals surface area contributed by atoms with Gasteiger partial charge in [0.25, 0.3) is 5.91 Å². The summed E-state index contributed by atoms with van der Waals surface area (Å²) in [7, 11) is 0. The van der Waals surface area contributed by atoms with Crippen molar-refractivity contribution in [2.75, 3.05) is 13.2 Å². The molecule has 0 aliphatic rings. The Morgan fingerprint density at radius 3 is 2.52 bits per heavy atom. The number of esters is 1. The van der Waals surface area contributed by atoms with Crippen molar-refractivity contribution >= 4 is 29.6 Å². The number of hydrogen-bond acceptors (Lipinski definition) is 4. The molecule has 1 amide bonds. The van der Waals surface area contributed by atoms with E-state index in [9.17, 15) is 22.8 Å². The van der Waals surface area contributed by atoms with E-state index in [1.54, 1.807) is 16.9 Å². The van der Waals surface area contributed by atoms with Crippen LogP contribution in [0.1, 0.15) is 22.4 Å². The maximum Gasteiger partial charge on any atom is 0.405 e. The van der Waals surface area contributed by atoms with Crippen LogP contribution in [0.5, 0.6) is 0 Å². The first kappa shape index (κ1) is 22.5. The molecule has 0 aliphatic heterocycles. The van der Waals surface area contributed by atoms with Crippen LogP contribution in [0.3, 0.4) is 0 Å². The fraction of sp³-hybridized carbons (Fsp3) is 0.316. The van der Waals surface area contributed by atoms with Gasteiger partial charge in [0.1, 0.15) is 11.7 Å². The summed E-state index contributed by atoms with van der Waals surface area (Å²) in [4.78, 5) is 22.9. The Kier molecular flexibility index (Phi) is 7.44. The number of nitrogens with one attached hydrogen (secondary N) is 1. The Balaban J connectivity index is 1.94. The number of benzene rings is 1. The lowest BCUT2D eigenvalue weighted by atomic mass is 10.1. The molecule has 0 atom stereocenters. The van der Waals surface area contributed by atoms with Gasteiger partial charge in [-0.25, -0.2) is 9.48 Å². The lowest BCUT2D eigenvalue weighted by Crippen LogP contribution is -2.36. The minimum absolute atomic E-state index is 0.315. The number of amides is 1. The molecule has 1 aromatic heterocycles. The highest BCUT2D eigenvalue weighted by atomic mass is 35.5. The topological polar surface area (TPSA) is 73.2 Å². The molecule has 29 heavy (non-hydrogen) atoms. The van der Waals surface area contributed by atoms with Gasteiger partial charge in [0, 0.05) is 11.6 Å². The van der Waals surface area contributed by atoms with Crippen molar-refractivity contribution in [1.82, 2.24) is 15.1 Å². The molecule has 2 aromatic rings. The van der Waals surface area contributed by atoms with Gasteiger partial charge in [-0.3, -0.25) is 4.79 Å². The van der Waals surface area contributed by atoms with Gasteiger partial charge in [-0.15, -0.1) is 0 Å². The van der Waals surface area contributed by atoms with Crippen molar-refractivity contribution in [3.63, 3.8) is 0 Å². The van der Waals surface area contributed by atoms with Gasteiger partial charge >= 0.3 is 12.1 Å². The molecule has 1 aromatic carbocycles. The van der Waals surface area contributed by atoms with E-state index in [-0.39, 0.29) is 0 Å². The number of carbonyl (C=O) groups excluding carboxylic acids is 2. The van der Waals surface area contributed by atoms with Crippen LogP contribution in [-0.4, -0.2) is 41.0 Å². The largest absolute Gasteiger partial charge is 0.452 e. The summed E-state index contributed by atoms with van der Waals surface area (Å²) >= 11 is 6.33. The molecule has 6 nitrogen and oxygen atoms in total. The van der Waals surface area contributed by atoms with Gasteiger partial charge in [-0.05, 0) is 25.5 Å². The minimum Gasteiger partial charge on any atom is -0.452 e. The van der Waals surface area contributed by atoms with E-state index in [1.807, 2.05) is 31.2 Å². The lowest BCUT2D eigenvalue weighted by molar-refractivity contribution is -0.148. The molecule has 1 heterocycles. The molecule has 0 fully saturated rings. The van der Waals surface area contributed by atoms with E-state index in [2.05, 4.69) is 9.84 Å². The van der Waals surface area contributed by atoms with Crippen LogP contribution in [0.4, 0.5) is 13.2 Å². The van der Waals surface area contributed by atoms with Crippen LogP contribution in [0.2, 0.25) is 5.15 Å². The maximum absolute atomic E-state index is 12.0.